The maximum absolute atomic E-state index is 12.3. The third kappa shape index (κ3) is 4.68. The van der Waals surface area contributed by atoms with Gasteiger partial charge in [0.05, 0.1) is 18.2 Å². The van der Waals surface area contributed by atoms with E-state index in [1.165, 1.54) is 0 Å². The number of nitrogens with one attached hydrogen (secondary N) is 2. The molecule has 2 saturated carbocycles. The Bertz CT molecular complexity index is 380. The van der Waals surface area contributed by atoms with Crippen molar-refractivity contribution in [1.29, 1.82) is 0 Å². The van der Waals surface area contributed by atoms with Crippen molar-refractivity contribution in [1.82, 2.24) is 10.6 Å². The molecule has 0 unspecified atom stereocenters. The maximum atomic E-state index is 12.3. The van der Waals surface area contributed by atoms with Crippen molar-refractivity contribution in [3.05, 3.63) is 0 Å². The third-order valence-corrected chi connectivity index (χ3v) is 5.97. The van der Waals surface area contributed by atoms with Crippen LogP contribution in [0.4, 0.5) is 0 Å². The number of ether oxygens (including phenoxy) is 1. The fourth-order valence-corrected chi connectivity index (χ4v) is 4.30. The van der Waals surface area contributed by atoms with E-state index in [-0.39, 0.29) is 24.1 Å². The van der Waals surface area contributed by atoms with Crippen LogP contribution < -0.4 is 10.6 Å². The fourth-order valence-electron chi connectivity index (χ4n) is 4.30. The zero-order chi connectivity index (χ0) is 16.2. The van der Waals surface area contributed by atoms with Gasteiger partial charge in [0.15, 0.2) is 0 Å². The standard InChI is InChI=1S/C18H32N2O3/c1-12-2-4-14(5-3-12)18(22)23-16-8-6-13(7-9-16)17-19-10-15(21)11-20-17/h12-17,19-21H,2-11H2,1H3. The normalized spacial score (nSPS) is 42.2. The van der Waals surface area contributed by atoms with Crippen LogP contribution in [0, 0.1) is 17.8 Å². The lowest BCUT2D eigenvalue weighted by Gasteiger charge is -2.38. The predicted octanol–water partition coefficient (Wildman–Crippen LogP) is 1.79. The van der Waals surface area contributed by atoms with Crippen molar-refractivity contribution in [2.75, 3.05) is 13.1 Å². The number of rotatable bonds is 3. The Morgan fingerprint density at radius 1 is 0.957 bits per heavy atom. The second-order valence-corrected chi connectivity index (χ2v) is 7.88. The Kier molecular flexibility index (Phi) is 5.94. The van der Waals surface area contributed by atoms with Gasteiger partial charge < -0.3 is 9.84 Å². The second kappa shape index (κ2) is 7.95. The summed E-state index contributed by atoms with van der Waals surface area (Å²) in [7, 11) is 0. The summed E-state index contributed by atoms with van der Waals surface area (Å²) in [6.07, 6.45) is 8.60. The van der Waals surface area contributed by atoms with Crippen molar-refractivity contribution in [2.24, 2.45) is 17.8 Å². The lowest BCUT2D eigenvalue weighted by atomic mass is 9.82. The second-order valence-electron chi connectivity index (χ2n) is 7.88. The van der Waals surface area contributed by atoms with Gasteiger partial charge in [-0.2, -0.15) is 0 Å². The smallest absolute Gasteiger partial charge is 0.309 e. The van der Waals surface area contributed by atoms with Crippen LogP contribution in [0.2, 0.25) is 0 Å². The van der Waals surface area contributed by atoms with E-state index in [0.29, 0.717) is 25.2 Å². The van der Waals surface area contributed by atoms with Gasteiger partial charge in [-0.25, -0.2) is 0 Å². The summed E-state index contributed by atoms with van der Waals surface area (Å²) in [5.41, 5.74) is 0. The lowest BCUT2D eigenvalue weighted by molar-refractivity contribution is -0.157. The molecule has 0 atom stereocenters. The van der Waals surface area contributed by atoms with E-state index in [9.17, 15) is 9.90 Å². The van der Waals surface area contributed by atoms with Crippen LogP contribution in [-0.2, 0) is 9.53 Å². The fraction of sp³-hybridized carbons (Fsp3) is 0.944. The molecule has 2 aliphatic carbocycles. The molecule has 1 aliphatic heterocycles. The SMILES string of the molecule is CC1CCC(C(=O)OC2CCC(C3NCC(O)CN3)CC2)CC1. The Morgan fingerprint density at radius 3 is 2.17 bits per heavy atom. The van der Waals surface area contributed by atoms with Crippen LogP contribution in [0.3, 0.4) is 0 Å². The van der Waals surface area contributed by atoms with Crippen LogP contribution >= 0.6 is 0 Å². The van der Waals surface area contributed by atoms with Gasteiger partial charge in [0, 0.05) is 13.1 Å². The molecule has 0 spiro atoms. The van der Waals surface area contributed by atoms with Crippen LogP contribution in [0.15, 0.2) is 0 Å². The van der Waals surface area contributed by atoms with E-state index in [1.807, 2.05) is 0 Å². The average Bonchev–Trinajstić information content (AvgIpc) is 2.57. The van der Waals surface area contributed by atoms with E-state index in [2.05, 4.69) is 17.6 Å². The number of esters is 1. The first-order valence-electron chi connectivity index (χ1n) is 9.47. The third-order valence-electron chi connectivity index (χ3n) is 5.97. The lowest BCUT2D eigenvalue weighted by Crippen LogP contribution is -2.58. The molecule has 0 aromatic carbocycles. The minimum atomic E-state index is -0.276. The first-order valence-corrected chi connectivity index (χ1v) is 9.47. The summed E-state index contributed by atoms with van der Waals surface area (Å²) < 4.78 is 5.80. The molecule has 3 fully saturated rings. The number of β-amino-alcohol motifs (C(OH)–C–C–N with tert-alkyl or cyclic N) is 1. The van der Waals surface area contributed by atoms with Crippen molar-refractivity contribution in [2.45, 2.75) is 76.7 Å². The molecule has 0 bridgehead atoms. The number of carbonyl (C=O) groups excluding carboxylic acids is 1. The Labute approximate surface area is 139 Å². The molecule has 23 heavy (non-hydrogen) atoms. The zero-order valence-electron chi connectivity index (χ0n) is 14.3. The Hall–Kier alpha value is -0.650. The highest BCUT2D eigenvalue weighted by atomic mass is 16.5. The van der Waals surface area contributed by atoms with Gasteiger partial charge in [-0.05, 0) is 63.2 Å². The number of carbonyl (C=O) groups is 1. The Morgan fingerprint density at radius 2 is 1.57 bits per heavy atom. The number of hydrogen-bond donors (Lipinski definition) is 3. The average molecular weight is 324 g/mol. The molecule has 3 aliphatic rings. The molecule has 1 saturated heterocycles. The quantitative estimate of drug-likeness (QED) is 0.691. The van der Waals surface area contributed by atoms with E-state index < -0.39 is 0 Å². The van der Waals surface area contributed by atoms with Crippen LogP contribution in [0.5, 0.6) is 0 Å². The molecular weight excluding hydrogens is 292 g/mol. The molecule has 5 heteroatoms. The van der Waals surface area contributed by atoms with Crippen LogP contribution in [0.25, 0.3) is 0 Å². The molecule has 0 radical (unpaired) electrons. The largest absolute Gasteiger partial charge is 0.462 e. The Balaban J connectivity index is 1.38. The number of aliphatic hydroxyl groups excluding tert-OH is 1. The molecular formula is C18H32N2O3. The van der Waals surface area contributed by atoms with E-state index in [0.717, 1.165) is 57.3 Å². The summed E-state index contributed by atoms with van der Waals surface area (Å²) in [6, 6.07) is 0. The van der Waals surface area contributed by atoms with Crippen molar-refractivity contribution in [3.63, 3.8) is 0 Å². The van der Waals surface area contributed by atoms with Crippen LogP contribution in [0.1, 0.15) is 58.3 Å². The molecule has 0 aromatic heterocycles. The molecule has 0 amide bonds. The summed E-state index contributed by atoms with van der Waals surface area (Å²) in [5, 5.41) is 16.3. The minimum absolute atomic E-state index is 0.0531. The molecule has 3 N–H and O–H groups in total. The monoisotopic (exact) mass is 324 g/mol. The molecule has 1 heterocycles. The van der Waals surface area contributed by atoms with E-state index in [1.54, 1.807) is 0 Å². The number of aliphatic hydroxyl groups is 1. The first-order chi connectivity index (χ1) is 11.1. The van der Waals surface area contributed by atoms with E-state index >= 15 is 0 Å². The maximum Gasteiger partial charge on any atom is 0.309 e. The highest BCUT2D eigenvalue weighted by Crippen LogP contribution is 2.32. The summed E-state index contributed by atoms with van der Waals surface area (Å²) in [5.74, 6) is 1.54. The number of hydrogen-bond acceptors (Lipinski definition) is 5. The minimum Gasteiger partial charge on any atom is -0.462 e. The first kappa shape index (κ1) is 17.2. The van der Waals surface area contributed by atoms with Crippen molar-refractivity contribution < 1.29 is 14.6 Å². The predicted molar refractivity (Wildman–Crippen MR) is 88.8 cm³/mol. The molecule has 3 rings (SSSR count). The van der Waals surface area contributed by atoms with Crippen molar-refractivity contribution >= 4 is 5.97 Å². The summed E-state index contributed by atoms with van der Waals surface area (Å²) in [4.78, 5) is 12.3. The van der Waals surface area contributed by atoms with Crippen molar-refractivity contribution in [3.8, 4) is 0 Å². The van der Waals surface area contributed by atoms with E-state index in [4.69, 9.17) is 4.74 Å². The molecule has 132 valence electrons. The molecule has 5 nitrogen and oxygen atoms in total. The summed E-state index contributed by atoms with van der Waals surface area (Å²) >= 11 is 0. The van der Waals surface area contributed by atoms with Gasteiger partial charge in [0.2, 0.25) is 0 Å². The summed E-state index contributed by atoms with van der Waals surface area (Å²) in [6.45, 7) is 3.62. The van der Waals surface area contributed by atoms with Gasteiger partial charge >= 0.3 is 5.97 Å². The van der Waals surface area contributed by atoms with Crippen LogP contribution in [-0.4, -0.2) is 42.5 Å². The van der Waals surface area contributed by atoms with Gasteiger partial charge in [-0.3, -0.25) is 15.4 Å². The highest BCUT2D eigenvalue weighted by Gasteiger charge is 2.33. The topological polar surface area (TPSA) is 70.6 Å². The van der Waals surface area contributed by atoms with Gasteiger partial charge in [-0.1, -0.05) is 6.92 Å². The van der Waals surface area contributed by atoms with Gasteiger partial charge in [0.25, 0.3) is 0 Å². The highest BCUT2D eigenvalue weighted by molar-refractivity contribution is 5.72. The van der Waals surface area contributed by atoms with Gasteiger partial charge in [-0.15, -0.1) is 0 Å². The van der Waals surface area contributed by atoms with Gasteiger partial charge in [0.1, 0.15) is 6.10 Å². The zero-order valence-corrected chi connectivity index (χ0v) is 14.3. The molecule has 0 aromatic rings.